The van der Waals surface area contributed by atoms with E-state index >= 15 is 0 Å². The molecule has 0 radical (unpaired) electrons. The van der Waals surface area contributed by atoms with Crippen molar-refractivity contribution in [3.05, 3.63) is 0 Å². The first-order valence-corrected chi connectivity index (χ1v) is 4.91. The van der Waals surface area contributed by atoms with Gasteiger partial charge in [-0.15, -0.1) is 11.6 Å². The van der Waals surface area contributed by atoms with Gasteiger partial charge in [0.05, 0.1) is 12.2 Å². The van der Waals surface area contributed by atoms with Gasteiger partial charge in [-0.3, -0.25) is 10.2 Å². The van der Waals surface area contributed by atoms with Gasteiger partial charge in [0, 0.05) is 6.54 Å². The van der Waals surface area contributed by atoms with E-state index < -0.39 is 5.38 Å². The van der Waals surface area contributed by atoms with Gasteiger partial charge in [0.25, 0.3) is 5.91 Å². The summed E-state index contributed by atoms with van der Waals surface area (Å²) in [5.41, 5.74) is 5.19. The van der Waals surface area contributed by atoms with Crippen LogP contribution >= 0.6 is 11.6 Å². The van der Waals surface area contributed by atoms with Crippen molar-refractivity contribution in [1.82, 2.24) is 10.9 Å². The molecule has 1 aliphatic heterocycles. The second-order valence-corrected chi connectivity index (χ2v) is 3.64. The van der Waals surface area contributed by atoms with Crippen LogP contribution in [-0.2, 0) is 9.53 Å². The van der Waals surface area contributed by atoms with Crippen LogP contribution in [0.3, 0.4) is 0 Å². The Morgan fingerprint density at radius 3 is 3.08 bits per heavy atom. The maximum absolute atomic E-state index is 11.1. The molecule has 76 valence electrons. The number of amides is 1. The highest BCUT2D eigenvalue weighted by Gasteiger charge is 2.31. The highest BCUT2D eigenvalue weighted by molar-refractivity contribution is 6.31. The number of hydrogen-bond acceptors (Lipinski definition) is 3. The molecule has 5 heteroatoms. The predicted molar refractivity (Wildman–Crippen MR) is 50.4 cm³/mol. The van der Waals surface area contributed by atoms with Gasteiger partial charge in [0.2, 0.25) is 0 Å². The van der Waals surface area contributed by atoms with E-state index in [1.165, 1.54) is 0 Å². The molecule has 2 N–H and O–H groups in total. The Labute approximate surface area is 82.9 Å². The number of alkyl halides is 1. The number of ether oxygens (including phenoxy) is 1. The second kappa shape index (κ2) is 4.79. The van der Waals surface area contributed by atoms with Gasteiger partial charge in [-0.1, -0.05) is 6.92 Å². The van der Waals surface area contributed by atoms with E-state index in [9.17, 15) is 4.79 Å². The van der Waals surface area contributed by atoms with Crippen LogP contribution in [-0.4, -0.2) is 30.0 Å². The molecule has 1 amide bonds. The zero-order valence-electron chi connectivity index (χ0n) is 7.84. The molecular formula is C8H15ClN2O2. The van der Waals surface area contributed by atoms with Crippen LogP contribution in [0.4, 0.5) is 0 Å². The van der Waals surface area contributed by atoms with Crippen molar-refractivity contribution in [2.45, 2.75) is 37.9 Å². The molecule has 1 aliphatic rings. The number of rotatable bonds is 3. The van der Waals surface area contributed by atoms with Crippen LogP contribution in [0.5, 0.6) is 0 Å². The topological polar surface area (TPSA) is 50.4 Å². The summed E-state index contributed by atoms with van der Waals surface area (Å²) in [6.45, 7) is 4.56. The lowest BCUT2D eigenvalue weighted by Crippen LogP contribution is -2.57. The average molecular weight is 207 g/mol. The molecule has 0 aromatic carbocycles. The number of hydrogen-bond donors (Lipinski definition) is 2. The lowest BCUT2D eigenvalue weighted by atomic mass is 10.2. The lowest BCUT2D eigenvalue weighted by molar-refractivity contribution is -0.128. The fraction of sp³-hybridized carbons (Fsp3) is 0.875. The normalized spacial score (nSPS) is 31.2. The summed E-state index contributed by atoms with van der Waals surface area (Å²) in [5.74, 6) is -0.221. The molecule has 0 bridgehead atoms. The van der Waals surface area contributed by atoms with Crippen LogP contribution in [0.15, 0.2) is 0 Å². The standard InChI is InChI=1S/C8H15ClN2O2/c1-3-5(2)13-6-4-10-11-8(12)7(6)9/h5-7,10H,3-4H2,1-2H3,(H,11,12). The van der Waals surface area contributed by atoms with E-state index in [-0.39, 0.29) is 18.1 Å². The third-order valence-corrected chi connectivity index (χ3v) is 2.55. The first-order valence-electron chi connectivity index (χ1n) is 4.47. The Bertz CT molecular complexity index is 189. The molecule has 13 heavy (non-hydrogen) atoms. The molecule has 3 unspecified atom stereocenters. The number of nitrogens with one attached hydrogen (secondary N) is 2. The van der Waals surface area contributed by atoms with Gasteiger partial charge in [-0.2, -0.15) is 0 Å². The predicted octanol–water partition coefficient (Wildman–Crippen LogP) is 0.412. The number of halogens is 1. The summed E-state index contributed by atoms with van der Waals surface area (Å²) in [6, 6.07) is 0. The summed E-state index contributed by atoms with van der Waals surface area (Å²) < 4.78 is 5.57. The first kappa shape index (κ1) is 10.8. The van der Waals surface area contributed by atoms with Crippen molar-refractivity contribution >= 4 is 17.5 Å². The SMILES string of the molecule is CCC(C)OC1CNNC(=O)C1Cl. The summed E-state index contributed by atoms with van der Waals surface area (Å²) in [4.78, 5) is 11.1. The van der Waals surface area contributed by atoms with E-state index in [0.717, 1.165) is 6.42 Å². The molecule has 0 spiro atoms. The van der Waals surface area contributed by atoms with E-state index in [1.807, 2.05) is 13.8 Å². The quantitative estimate of drug-likeness (QED) is 0.658. The third-order valence-electron chi connectivity index (χ3n) is 2.07. The van der Waals surface area contributed by atoms with Crippen LogP contribution in [0, 0.1) is 0 Å². The van der Waals surface area contributed by atoms with Crippen molar-refractivity contribution in [2.75, 3.05) is 6.54 Å². The molecule has 1 rings (SSSR count). The Balaban J connectivity index is 2.43. The number of carbonyl (C=O) groups is 1. The maximum Gasteiger partial charge on any atom is 0.254 e. The van der Waals surface area contributed by atoms with Crippen molar-refractivity contribution in [3.8, 4) is 0 Å². The maximum atomic E-state index is 11.1. The monoisotopic (exact) mass is 206 g/mol. The fourth-order valence-corrected chi connectivity index (χ4v) is 1.29. The second-order valence-electron chi connectivity index (χ2n) is 3.17. The van der Waals surface area contributed by atoms with Crippen LogP contribution in [0.25, 0.3) is 0 Å². The molecular weight excluding hydrogens is 192 g/mol. The van der Waals surface area contributed by atoms with E-state index in [2.05, 4.69) is 10.9 Å². The van der Waals surface area contributed by atoms with E-state index in [4.69, 9.17) is 16.3 Å². The van der Waals surface area contributed by atoms with Crippen molar-refractivity contribution < 1.29 is 9.53 Å². The van der Waals surface area contributed by atoms with Crippen LogP contribution in [0.2, 0.25) is 0 Å². The Hall–Kier alpha value is -0.320. The van der Waals surface area contributed by atoms with Gasteiger partial charge >= 0.3 is 0 Å². The van der Waals surface area contributed by atoms with E-state index in [1.54, 1.807) is 0 Å². The molecule has 4 nitrogen and oxygen atoms in total. The summed E-state index contributed by atoms with van der Waals surface area (Å²) in [7, 11) is 0. The molecule has 0 aromatic heterocycles. The number of hydrazine groups is 1. The van der Waals surface area contributed by atoms with Crippen LogP contribution in [0.1, 0.15) is 20.3 Å². The Morgan fingerprint density at radius 1 is 1.77 bits per heavy atom. The summed E-state index contributed by atoms with van der Waals surface area (Å²) in [5, 5.41) is -0.588. The van der Waals surface area contributed by atoms with Crippen molar-refractivity contribution in [3.63, 3.8) is 0 Å². The lowest BCUT2D eigenvalue weighted by Gasteiger charge is -2.29. The molecule has 0 saturated carbocycles. The fourth-order valence-electron chi connectivity index (χ4n) is 1.09. The first-order chi connectivity index (χ1) is 6.15. The Morgan fingerprint density at radius 2 is 2.46 bits per heavy atom. The zero-order valence-corrected chi connectivity index (χ0v) is 8.60. The highest BCUT2D eigenvalue weighted by Crippen LogP contribution is 2.12. The van der Waals surface area contributed by atoms with E-state index in [0.29, 0.717) is 6.54 Å². The smallest absolute Gasteiger partial charge is 0.254 e. The molecule has 0 aliphatic carbocycles. The van der Waals surface area contributed by atoms with Gasteiger partial charge in [0.15, 0.2) is 0 Å². The highest BCUT2D eigenvalue weighted by atomic mass is 35.5. The molecule has 0 aromatic rings. The summed E-state index contributed by atoms with van der Waals surface area (Å²) in [6.07, 6.45) is 0.825. The minimum absolute atomic E-state index is 0.138. The number of carbonyl (C=O) groups excluding carboxylic acids is 1. The van der Waals surface area contributed by atoms with Gasteiger partial charge in [0.1, 0.15) is 5.38 Å². The molecule has 3 atom stereocenters. The van der Waals surface area contributed by atoms with Crippen molar-refractivity contribution in [2.24, 2.45) is 0 Å². The minimum Gasteiger partial charge on any atom is -0.372 e. The average Bonchev–Trinajstić information content (AvgIpc) is 2.13. The third kappa shape index (κ3) is 2.83. The zero-order chi connectivity index (χ0) is 9.84. The van der Waals surface area contributed by atoms with Gasteiger partial charge in [-0.05, 0) is 13.3 Å². The molecule has 1 saturated heterocycles. The largest absolute Gasteiger partial charge is 0.372 e. The summed E-state index contributed by atoms with van der Waals surface area (Å²) >= 11 is 5.86. The molecule has 1 heterocycles. The Kier molecular flexibility index (Phi) is 3.96. The van der Waals surface area contributed by atoms with Crippen molar-refractivity contribution in [1.29, 1.82) is 0 Å². The molecule has 1 fully saturated rings. The van der Waals surface area contributed by atoms with Gasteiger partial charge < -0.3 is 4.74 Å². The van der Waals surface area contributed by atoms with Crippen LogP contribution < -0.4 is 10.9 Å². The van der Waals surface area contributed by atoms with Gasteiger partial charge in [-0.25, -0.2) is 5.43 Å². The minimum atomic E-state index is -0.588.